The molecule has 14 heavy (non-hydrogen) atoms. The Bertz CT molecular complexity index is 436. The molecule has 1 heterocycles. The number of rotatable bonds is 2. The molecule has 0 bridgehead atoms. The zero-order chi connectivity index (χ0) is 9.97. The molecule has 0 aliphatic heterocycles. The molecule has 0 fully saturated rings. The monoisotopic (exact) mass is 205 g/mol. The lowest BCUT2D eigenvalue weighted by Gasteiger charge is -2.04. The van der Waals surface area contributed by atoms with E-state index in [-0.39, 0.29) is 6.61 Å². The van der Waals surface area contributed by atoms with Crippen LogP contribution in [0.5, 0.6) is 0 Å². The molecule has 2 rings (SSSR count). The first kappa shape index (κ1) is 9.37. The third kappa shape index (κ3) is 1.56. The van der Waals surface area contributed by atoms with Crippen LogP contribution >= 0.6 is 11.3 Å². The highest BCUT2D eigenvalue weighted by molar-refractivity contribution is 7.10. The second-order valence-electron chi connectivity index (χ2n) is 3.07. The first-order valence-corrected chi connectivity index (χ1v) is 5.30. The summed E-state index contributed by atoms with van der Waals surface area (Å²) < 4.78 is 0. The van der Waals surface area contributed by atoms with Crippen molar-refractivity contribution < 1.29 is 5.11 Å². The highest BCUT2D eigenvalue weighted by Gasteiger charge is 2.08. The normalized spacial score (nSPS) is 10.4. The molecule has 0 amide bonds. The Morgan fingerprint density at radius 1 is 1.36 bits per heavy atom. The van der Waals surface area contributed by atoms with Gasteiger partial charge in [-0.1, -0.05) is 24.3 Å². The minimum atomic E-state index is 0.0626. The lowest BCUT2D eigenvalue weighted by Crippen LogP contribution is -1.89. The van der Waals surface area contributed by atoms with Crippen molar-refractivity contribution >= 4 is 11.3 Å². The van der Waals surface area contributed by atoms with Crippen molar-refractivity contribution in [2.45, 2.75) is 13.5 Å². The van der Waals surface area contributed by atoms with Gasteiger partial charge in [0.2, 0.25) is 0 Å². The van der Waals surface area contributed by atoms with E-state index in [9.17, 15) is 5.11 Å². The molecule has 0 aliphatic carbocycles. The molecule has 3 heteroatoms. The summed E-state index contributed by atoms with van der Waals surface area (Å²) in [6, 6.07) is 7.81. The Morgan fingerprint density at radius 2 is 2.14 bits per heavy atom. The number of hydrogen-bond donors (Lipinski definition) is 1. The fourth-order valence-electron chi connectivity index (χ4n) is 1.45. The quantitative estimate of drug-likeness (QED) is 0.817. The maximum atomic E-state index is 9.18. The summed E-state index contributed by atoms with van der Waals surface area (Å²) in [6.45, 7) is 2.11. The average Bonchev–Trinajstić information content (AvgIpc) is 2.64. The van der Waals surface area contributed by atoms with E-state index in [1.165, 1.54) is 4.88 Å². The van der Waals surface area contributed by atoms with Crippen molar-refractivity contribution in [2.75, 3.05) is 0 Å². The van der Waals surface area contributed by atoms with Crippen LogP contribution in [-0.4, -0.2) is 10.1 Å². The molecule has 0 unspecified atom stereocenters. The van der Waals surface area contributed by atoms with E-state index >= 15 is 0 Å². The van der Waals surface area contributed by atoms with Crippen molar-refractivity contribution in [1.82, 2.24) is 4.98 Å². The molecule has 0 radical (unpaired) electrons. The van der Waals surface area contributed by atoms with E-state index in [0.717, 1.165) is 16.8 Å². The predicted octanol–water partition coefficient (Wildman–Crippen LogP) is 2.61. The summed E-state index contributed by atoms with van der Waals surface area (Å²) in [6.07, 6.45) is 0. The fourth-order valence-corrected chi connectivity index (χ4v) is 2.04. The van der Waals surface area contributed by atoms with E-state index in [4.69, 9.17) is 0 Å². The van der Waals surface area contributed by atoms with Crippen LogP contribution in [0.15, 0.2) is 29.8 Å². The van der Waals surface area contributed by atoms with Crippen LogP contribution in [-0.2, 0) is 6.61 Å². The van der Waals surface area contributed by atoms with E-state index in [0.29, 0.717) is 0 Å². The highest BCUT2D eigenvalue weighted by atomic mass is 32.1. The lowest BCUT2D eigenvalue weighted by atomic mass is 10.0. The van der Waals surface area contributed by atoms with Gasteiger partial charge in [0.15, 0.2) is 0 Å². The number of aliphatic hydroxyl groups is 1. The second-order valence-corrected chi connectivity index (χ2v) is 4.13. The van der Waals surface area contributed by atoms with E-state index in [2.05, 4.69) is 4.98 Å². The lowest BCUT2D eigenvalue weighted by molar-refractivity contribution is 0.282. The molecule has 1 aromatic carbocycles. The first-order valence-electron chi connectivity index (χ1n) is 4.42. The predicted molar refractivity (Wildman–Crippen MR) is 58.2 cm³/mol. The summed E-state index contributed by atoms with van der Waals surface area (Å²) >= 11 is 1.63. The van der Waals surface area contributed by atoms with Gasteiger partial charge in [-0.3, -0.25) is 0 Å². The number of aliphatic hydroxyl groups excluding tert-OH is 1. The van der Waals surface area contributed by atoms with Gasteiger partial charge >= 0.3 is 0 Å². The number of nitrogens with zero attached hydrogens (tertiary/aromatic N) is 1. The molecule has 0 aliphatic rings. The largest absolute Gasteiger partial charge is 0.392 e. The maximum absolute atomic E-state index is 9.18. The van der Waals surface area contributed by atoms with Crippen LogP contribution in [0.25, 0.3) is 11.3 Å². The van der Waals surface area contributed by atoms with E-state index < -0.39 is 0 Å². The average molecular weight is 205 g/mol. The Balaban J connectivity index is 2.56. The topological polar surface area (TPSA) is 33.1 Å². The van der Waals surface area contributed by atoms with Gasteiger partial charge in [0, 0.05) is 10.4 Å². The summed E-state index contributed by atoms with van der Waals surface area (Å²) in [5, 5.41) is 9.18. The van der Waals surface area contributed by atoms with Gasteiger partial charge in [0.1, 0.15) is 0 Å². The third-order valence-electron chi connectivity index (χ3n) is 2.19. The molecule has 72 valence electrons. The summed E-state index contributed by atoms with van der Waals surface area (Å²) in [7, 11) is 0. The van der Waals surface area contributed by atoms with Gasteiger partial charge in [-0.15, -0.1) is 11.3 Å². The molecular formula is C11H11NOS. The molecular weight excluding hydrogens is 194 g/mol. The minimum Gasteiger partial charge on any atom is -0.392 e. The minimum absolute atomic E-state index is 0.0626. The zero-order valence-electron chi connectivity index (χ0n) is 7.90. The van der Waals surface area contributed by atoms with E-state index in [1.807, 2.05) is 36.7 Å². The third-order valence-corrected chi connectivity index (χ3v) is 2.95. The molecule has 0 atom stereocenters. The van der Waals surface area contributed by atoms with Crippen LogP contribution < -0.4 is 0 Å². The number of hydrogen-bond acceptors (Lipinski definition) is 3. The zero-order valence-corrected chi connectivity index (χ0v) is 8.71. The van der Waals surface area contributed by atoms with Crippen LogP contribution in [0, 0.1) is 6.92 Å². The Kier molecular flexibility index (Phi) is 2.61. The van der Waals surface area contributed by atoms with Gasteiger partial charge in [0.25, 0.3) is 0 Å². The molecule has 0 saturated heterocycles. The Morgan fingerprint density at radius 3 is 2.79 bits per heavy atom. The highest BCUT2D eigenvalue weighted by Crippen LogP contribution is 2.27. The SMILES string of the molecule is Cc1scnc1-c1ccccc1CO. The molecule has 2 aromatic rings. The van der Waals surface area contributed by atoms with Crippen molar-refractivity contribution in [2.24, 2.45) is 0 Å². The molecule has 1 N–H and O–H groups in total. The van der Waals surface area contributed by atoms with Gasteiger partial charge in [-0.25, -0.2) is 4.98 Å². The number of aromatic nitrogens is 1. The number of aryl methyl sites for hydroxylation is 1. The van der Waals surface area contributed by atoms with Gasteiger partial charge in [0.05, 0.1) is 17.8 Å². The van der Waals surface area contributed by atoms with Crippen LogP contribution in [0.4, 0.5) is 0 Å². The summed E-state index contributed by atoms with van der Waals surface area (Å²) in [5.74, 6) is 0. The Hall–Kier alpha value is -1.19. The standard InChI is InChI=1S/C11H11NOS/c1-8-11(12-7-14-8)10-5-3-2-4-9(10)6-13/h2-5,7,13H,6H2,1H3. The molecule has 2 nitrogen and oxygen atoms in total. The van der Waals surface area contributed by atoms with Crippen LogP contribution in [0.1, 0.15) is 10.4 Å². The summed E-state index contributed by atoms with van der Waals surface area (Å²) in [5.41, 5.74) is 4.79. The molecule has 0 saturated carbocycles. The van der Waals surface area contributed by atoms with Crippen molar-refractivity contribution in [3.8, 4) is 11.3 Å². The fraction of sp³-hybridized carbons (Fsp3) is 0.182. The van der Waals surface area contributed by atoms with Crippen LogP contribution in [0.2, 0.25) is 0 Å². The van der Waals surface area contributed by atoms with Crippen LogP contribution in [0.3, 0.4) is 0 Å². The second kappa shape index (κ2) is 3.90. The van der Waals surface area contributed by atoms with Crippen molar-refractivity contribution in [1.29, 1.82) is 0 Å². The smallest absolute Gasteiger partial charge is 0.0843 e. The number of benzene rings is 1. The van der Waals surface area contributed by atoms with Gasteiger partial charge in [-0.2, -0.15) is 0 Å². The maximum Gasteiger partial charge on any atom is 0.0843 e. The van der Waals surface area contributed by atoms with E-state index in [1.54, 1.807) is 11.3 Å². The van der Waals surface area contributed by atoms with Gasteiger partial charge in [-0.05, 0) is 12.5 Å². The summed E-state index contributed by atoms with van der Waals surface area (Å²) in [4.78, 5) is 5.49. The first-order chi connectivity index (χ1) is 6.83. The number of thiazole rings is 1. The molecule has 1 aromatic heterocycles. The van der Waals surface area contributed by atoms with Crippen molar-refractivity contribution in [3.63, 3.8) is 0 Å². The molecule has 0 spiro atoms. The van der Waals surface area contributed by atoms with Crippen molar-refractivity contribution in [3.05, 3.63) is 40.2 Å². The Labute approximate surface area is 86.9 Å². The van der Waals surface area contributed by atoms with Gasteiger partial charge < -0.3 is 5.11 Å².